The summed E-state index contributed by atoms with van der Waals surface area (Å²) in [4.78, 5) is 11.9. The van der Waals surface area contributed by atoms with Crippen molar-refractivity contribution in [1.82, 2.24) is 5.32 Å². The molecule has 3 nitrogen and oxygen atoms in total. The predicted octanol–water partition coefficient (Wildman–Crippen LogP) is 2.55. The van der Waals surface area contributed by atoms with Crippen molar-refractivity contribution in [3.63, 3.8) is 0 Å². The van der Waals surface area contributed by atoms with Gasteiger partial charge < -0.3 is 10.4 Å². The molecule has 2 unspecified atom stereocenters. The molecule has 1 amide bonds. The number of hydrogen-bond acceptors (Lipinski definition) is 2. The number of rotatable bonds is 4. The maximum Gasteiger partial charge on any atom is 0.224 e. The normalized spacial score (nSPS) is 23.1. The van der Waals surface area contributed by atoms with Crippen LogP contribution in [0.3, 0.4) is 0 Å². The Balaban J connectivity index is 1.80. The molecule has 0 radical (unpaired) electrons. The van der Waals surface area contributed by atoms with E-state index >= 15 is 0 Å². The first kappa shape index (κ1) is 14.4. The monoisotopic (exact) mass is 281 g/mol. The summed E-state index contributed by atoms with van der Waals surface area (Å²) in [5.41, 5.74) is 0.839. The lowest BCUT2D eigenvalue weighted by Crippen LogP contribution is -2.37. The SMILES string of the molecule is O=C(Cc1ccccc1Cl)NCC1CCCCC1O. The zero-order chi connectivity index (χ0) is 13.7. The van der Waals surface area contributed by atoms with Gasteiger partial charge in [-0.2, -0.15) is 0 Å². The Kier molecular flexibility index (Phi) is 5.23. The first-order valence-corrected chi connectivity index (χ1v) is 7.23. The zero-order valence-electron chi connectivity index (χ0n) is 10.9. The van der Waals surface area contributed by atoms with E-state index < -0.39 is 0 Å². The fraction of sp³-hybridized carbons (Fsp3) is 0.533. The van der Waals surface area contributed by atoms with Crippen LogP contribution in [0.4, 0.5) is 0 Å². The van der Waals surface area contributed by atoms with Crippen LogP contribution in [-0.4, -0.2) is 23.7 Å². The lowest BCUT2D eigenvalue weighted by molar-refractivity contribution is -0.120. The van der Waals surface area contributed by atoms with Crippen LogP contribution in [-0.2, 0) is 11.2 Å². The van der Waals surface area contributed by atoms with E-state index in [1.54, 1.807) is 6.07 Å². The number of carbonyl (C=O) groups excluding carboxylic acids is 1. The quantitative estimate of drug-likeness (QED) is 0.891. The lowest BCUT2D eigenvalue weighted by Gasteiger charge is -2.27. The van der Waals surface area contributed by atoms with E-state index in [4.69, 9.17) is 11.6 Å². The molecule has 1 aromatic rings. The number of hydrogen-bond donors (Lipinski definition) is 2. The van der Waals surface area contributed by atoms with Gasteiger partial charge in [-0.3, -0.25) is 4.79 Å². The van der Waals surface area contributed by atoms with E-state index in [1.807, 2.05) is 18.2 Å². The Hall–Kier alpha value is -1.06. The summed E-state index contributed by atoms with van der Waals surface area (Å²) in [6.07, 6.45) is 4.10. The summed E-state index contributed by atoms with van der Waals surface area (Å²) in [7, 11) is 0. The highest BCUT2D eigenvalue weighted by molar-refractivity contribution is 6.31. The number of halogens is 1. The Bertz CT molecular complexity index is 436. The van der Waals surface area contributed by atoms with Crippen LogP contribution in [0.1, 0.15) is 31.2 Å². The molecule has 0 spiro atoms. The molecule has 0 aromatic heterocycles. The minimum atomic E-state index is -0.269. The van der Waals surface area contributed by atoms with Gasteiger partial charge in [-0.25, -0.2) is 0 Å². The highest BCUT2D eigenvalue weighted by Gasteiger charge is 2.23. The smallest absolute Gasteiger partial charge is 0.224 e. The lowest BCUT2D eigenvalue weighted by atomic mass is 9.86. The van der Waals surface area contributed by atoms with Crippen molar-refractivity contribution in [3.05, 3.63) is 34.9 Å². The van der Waals surface area contributed by atoms with Gasteiger partial charge in [0.25, 0.3) is 0 Å². The summed E-state index contributed by atoms with van der Waals surface area (Å²) in [6, 6.07) is 7.37. The molecule has 1 aromatic carbocycles. The first-order chi connectivity index (χ1) is 9.16. The fourth-order valence-electron chi connectivity index (χ4n) is 2.55. The molecular weight excluding hydrogens is 262 g/mol. The second kappa shape index (κ2) is 6.92. The molecule has 2 rings (SSSR count). The number of nitrogens with one attached hydrogen (secondary N) is 1. The van der Waals surface area contributed by atoms with Crippen LogP contribution >= 0.6 is 11.6 Å². The molecule has 2 atom stereocenters. The van der Waals surface area contributed by atoms with Gasteiger partial charge in [0.15, 0.2) is 0 Å². The summed E-state index contributed by atoms with van der Waals surface area (Å²) in [5.74, 6) is 0.162. The van der Waals surface area contributed by atoms with Crippen molar-refractivity contribution >= 4 is 17.5 Å². The maximum absolute atomic E-state index is 11.9. The van der Waals surface area contributed by atoms with Gasteiger partial charge in [0.2, 0.25) is 5.91 Å². The molecule has 104 valence electrons. The van der Waals surface area contributed by atoms with E-state index in [0.29, 0.717) is 18.0 Å². The predicted molar refractivity (Wildman–Crippen MR) is 76.1 cm³/mol. The molecule has 1 saturated carbocycles. The molecule has 2 N–H and O–H groups in total. The van der Waals surface area contributed by atoms with Crippen LogP contribution in [0.15, 0.2) is 24.3 Å². The number of amides is 1. The van der Waals surface area contributed by atoms with Gasteiger partial charge in [-0.05, 0) is 24.5 Å². The van der Waals surface area contributed by atoms with Crippen molar-refractivity contribution in [2.75, 3.05) is 6.54 Å². The van der Waals surface area contributed by atoms with Gasteiger partial charge in [-0.15, -0.1) is 0 Å². The van der Waals surface area contributed by atoms with Crippen molar-refractivity contribution < 1.29 is 9.90 Å². The summed E-state index contributed by atoms with van der Waals surface area (Å²) < 4.78 is 0. The number of carbonyl (C=O) groups is 1. The van der Waals surface area contributed by atoms with Crippen molar-refractivity contribution in [3.8, 4) is 0 Å². The zero-order valence-corrected chi connectivity index (χ0v) is 11.7. The summed E-state index contributed by atoms with van der Waals surface area (Å²) in [5, 5.41) is 13.4. The second-order valence-electron chi connectivity index (χ2n) is 5.18. The van der Waals surface area contributed by atoms with Crippen LogP contribution in [0.2, 0.25) is 5.02 Å². The van der Waals surface area contributed by atoms with Gasteiger partial charge >= 0.3 is 0 Å². The minimum Gasteiger partial charge on any atom is -0.393 e. The van der Waals surface area contributed by atoms with Crippen molar-refractivity contribution in [2.45, 2.75) is 38.2 Å². The van der Waals surface area contributed by atoms with E-state index in [0.717, 1.165) is 31.2 Å². The third kappa shape index (κ3) is 4.22. The minimum absolute atomic E-state index is 0.0362. The van der Waals surface area contributed by atoms with E-state index in [-0.39, 0.29) is 17.9 Å². The molecule has 1 aliphatic carbocycles. The highest BCUT2D eigenvalue weighted by atomic mass is 35.5. The van der Waals surface area contributed by atoms with Crippen molar-refractivity contribution in [1.29, 1.82) is 0 Å². The molecule has 0 heterocycles. The molecular formula is C15H20ClNO2. The number of aliphatic hydroxyl groups excluding tert-OH is 1. The maximum atomic E-state index is 11.9. The first-order valence-electron chi connectivity index (χ1n) is 6.85. The van der Waals surface area contributed by atoms with Gasteiger partial charge in [0.1, 0.15) is 0 Å². The van der Waals surface area contributed by atoms with Crippen LogP contribution < -0.4 is 5.32 Å². The highest BCUT2D eigenvalue weighted by Crippen LogP contribution is 2.23. The Morgan fingerprint density at radius 1 is 1.32 bits per heavy atom. The van der Waals surface area contributed by atoms with Crippen LogP contribution in [0.5, 0.6) is 0 Å². The summed E-state index contributed by atoms with van der Waals surface area (Å²) >= 11 is 6.02. The average Bonchev–Trinajstić information content (AvgIpc) is 2.40. The average molecular weight is 282 g/mol. The van der Waals surface area contributed by atoms with Gasteiger partial charge in [0.05, 0.1) is 12.5 Å². The number of benzene rings is 1. The molecule has 1 aliphatic rings. The largest absolute Gasteiger partial charge is 0.393 e. The molecule has 0 aliphatic heterocycles. The third-order valence-electron chi connectivity index (χ3n) is 3.74. The van der Waals surface area contributed by atoms with Crippen molar-refractivity contribution in [2.24, 2.45) is 5.92 Å². The molecule has 1 fully saturated rings. The van der Waals surface area contributed by atoms with Crippen LogP contribution in [0.25, 0.3) is 0 Å². The summed E-state index contributed by atoms with van der Waals surface area (Å²) in [6.45, 7) is 0.560. The second-order valence-corrected chi connectivity index (χ2v) is 5.59. The van der Waals surface area contributed by atoms with Crippen LogP contribution in [0, 0.1) is 5.92 Å². The van der Waals surface area contributed by atoms with E-state index in [9.17, 15) is 9.90 Å². The number of aliphatic hydroxyl groups is 1. The van der Waals surface area contributed by atoms with E-state index in [2.05, 4.69) is 5.32 Å². The Labute approximate surface area is 119 Å². The standard InChI is InChI=1S/C15H20ClNO2/c16-13-7-3-1-5-11(13)9-15(19)17-10-12-6-2-4-8-14(12)18/h1,3,5,7,12,14,18H,2,4,6,8-10H2,(H,17,19). The molecule has 19 heavy (non-hydrogen) atoms. The Morgan fingerprint density at radius 3 is 2.79 bits per heavy atom. The van der Waals surface area contributed by atoms with Gasteiger partial charge in [0, 0.05) is 17.5 Å². The van der Waals surface area contributed by atoms with Gasteiger partial charge in [-0.1, -0.05) is 42.6 Å². The van der Waals surface area contributed by atoms with E-state index in [1.165, 1.54) is 0 Å². The molecule has 0 saturated heterocycles. The fourth-order valence-corrected chi connectivity index (χ4v) is 2.75. The topological polar surface area (TPSA) is 49.3 Å². The Morgan fingerprint density at radius 2 is 2.05 bits per heavy atom. The molecule has 4 heteroatoms. The molecule has 0 bridgehead atoms. The third-order valence-corrected chi connectivity index (χ3v) is 4.11.